The second-order valence-electron chi connectivity index (χ2n) is 5.95. The molecular formula is C15H25N3O3. The molecule has 2 bridgehead atoms. The van der Waals surface area contributed by atoms with Crippen LogP contribution in [0.2, 0.25) is 0 Å². The Morgan fingerprint density at radius 2 is 1.81 bits per heavy atom. The minimum absolute atomic E-state index is 0.403. The summed E-state index contributed by atoms with van der Waals surface area (Å²) in [6, 6.07) is 1.34. The van der Waals surface area contributed by atoms with Crippen molar-refractivity contribution < 1.29 is 14.0 Å². The normalized spacial score (nSPS) is 29.4. The van der Waals surface area contributed by atoms with Gasteiger partial charge in [-0.05, 0) is 46.6 Å². The van der Waals surface area contributed by atoms with Crippen molar-refractivity contribution in [2.24, 2.45) is 0 Å². The molecule has 3 rings (SSSR count). The number of aromatic nitrogens is 2. The van der Waals surface area contributed by atoms with Crippen LogP contribution in [0.25, 0.3) is 0 Å². The Bertz CT molecular complexity index is 445. The lowest BCUT2D eigenvalue weighted by atomic mass is 9.90. The molecule has 0 spiro atoms. The highest BCUT2D eigenvalue weighted by atomic mass is 16.7. The lowest BCUT2D eigenvalue weighted by molar-refractivity contribution is -0.155. The standard InChI is InChI=1S/C15H25N3O3/c1-4-19-15(20-5-2)14-16-13(17-21-14)10-8-11-6-7-12(9-10)18(11)3/h10-12,15H,4-9H2,1-3H3. The van der Waals surface area contributed by atoms with E-state index in [0.717, 1.165) is 18.7 Å². The van der Waals surface area contributed by atoms with Crippen LogP contribution in [0.4, 0.5) is 0 Å². The lowest BCUT2D eigenvalue weighted by Gasteiger charge is -2.34. The highest BCUT2D eigenvalue weighted by molar-refractivity contribution is 5.05. The number of hydrogen-bond acceptors (Lipinski definition) is 6. The summed E-state index contributed by atoms with van der Waals surface area (Å²) in [6.07, 6.45) is 4.30. The Balaban J connectivity index is 1.70. The van der Waals surface area contributed by atoms with Crippen LogP contribution in [0.1, 0.15) is 63.5 Å². The average molecular weight is 295 g/mol. The lowest BCUT2D eigenvalue weighted by Crippen LogP contribution is -2.39. The first-order valence-corrected chi connectivity index (χ1v) is 8.01. The largest absolute Gasteiger partial charge is 0.345 e. The fourth-order valence-corrected chi connectivity index (χ4v) is 3.62. The summed E-state index contributed by atoms with van der Waals surface area (Å²) in [5, 5.41) is 4.18. The van der Waals surface area contributed by atoms with E-state index >= 15 is 0 Å². The molecule has 3 heterocycles. The molecule has 1 aromatic rings. The third-order valence-corrected chi connectivity index (χ3v) is 4.76. The van der Waals surface area contributed by atoms with Crippen molar-refractivity contribution in [3.63, 3.8) is 0 Å². The number of rotatable bonds is 6. The maximum atomic E-state index is 5.51. The van der Waals surface area contributed by atoms with Crippen molar-refractivity contribution in [1.29, 1.82) is 0 Å². The van der Waals surface area contributed by atoms with E-state index in [9.17, 15) is 0 Å². The maximum absolute atomic E-state index is 5.51. The van der Waals surface area contributed by atoms with E-state index in [2.05, 4.69) is 22.1 Å². The molecule has 0 aliphatic carbocycles. The van der Waals surface area contributed by atoms with Crippen LogP contribution >= 0.6 is 0 Å². The van der Waals surface area contributed by atoms with Crippen LogP contribution < -0.4 is 0 Å². The van der Waals surface area contributed by atoms with Gasteiger partial charge in [-0.25, -0.2) is 0 Å². The van der Waals surface area contributed by atoms with Crippen LogP contribution in [-0.2, 0) is 9.47 Å². The van der Waals surface area contributed by atoms with E-state index in [4.69, 9.17) is 14.0 Å². The van der Waals surface area contributed by atoms with Gasteiger partial charge in [0.05, 0.1) is 0 Å². The van der Waals surface area contributed by atoms with E-state index in [1.54, 1.807) is 0 Å². The van der Waals surface area contributed by atoms with Gasteiger partial charge in [0.15, 0.2) is 5.82 Å². The molecule has 6 heteroatoms. The van der Waals surface area contributed by atoms with E-state index in [1.165, 1.54) is 12.8 Å². The number of fused-ring (bicyclic) bond motifs is 2. The highest BCUT2D eigenvalue weighted by Crippen LogP contribution is 2.41. The molecule has 2 aliphatic heterocycles. The quantitative estimate of drug-likeness (QED) is 0.751. The molecule has 0 radical (unpaired) electrons. The second-order valence-corrected chi connectivity index (χ2v) is 5.95. The monoisotopic (exact) mass is 295 g/mol. The van der Waals surface area contributed by atoms with E-state index in [-0.39, 0.29) is 0 Å². The molecule has 0 saturated carbocycles. The molecule has 118 valence electrons. The van der Waals surface area contributed by atoms with Crippen molar-refractivity contribution >= 4 is 0 Å². The highest BCUT2D eigenvalue weighted by Gasteiger charge is 2.40. The third-order valence-electron chi connectivity index (χ3n) is 4.76. The Morgan fingerprint density at radius 1 is 1.19 bits per heavy atom. The molecule has 21 heavy (non-hydrogen) atoms. The summed E-state index contributed by atoms with van der Waals surface area (Å²) < 4.78 is 16.4. The van der Waals surface area contributed by atoms with Crippen molar-refractivity contribution in [3.05, 3.63) is 11.7 Å². The zero-order valence-electron chi connectivity index (χ0n) is 13.1. The molecule has 2 saturated heterocycles. The summed E-state index contributed by atoms with van der Waals surface area (Å²) in [4.78, 5) is 7.06. The van der Waals surface area contributed by atoms with Gasteiger partial charge in [-0.2, -0.15) is 4.98 Å². The molecule has 6 nitrogen and oxygen atoms in total. The molecule has 2 unspecified atom stereocenters. The van der Waals surface area contributed by atoms with Crippen LogP contribution in [0.5, 0.6) is 0 Å². The van der Waals surface area contributed by atoms with Gasteiger partial charge in [-0.15, -0.1) is 0 Å². The molecular weight excluding hydrogens is 270 g/mol. The van der Waals surface area contributed by atoms with Crippen LogP contribution in [-0.4, -0.2) is 47.4 Å². The molecule has 2 fully saturated rings. The molecule has 0 aromatic carbocycles. The summed E-state index contributed by atoms with van der Waals surface area (Å²) >= 11 is 0. The average Bonchev–Trinajstić information content (AvgIpc) is 3.01. The first-order valence-electron chi connectivity index (χ1n) is 8.01. The van der Waals surface area contributed by atoms with Gasteiger partial charge in [0, 0.05) is 31.2 Å². The first kappa shape index (κ1) is 14.9. The van der Waals surface area contributed by atoms with Crippen molar-refractivity contribution in [3.8, 4) is 0 Å². The maximum Gasteiger partial charge on any atom is 0.283 e. The van der Waals surface area contributed by atoms with Gasteiger partial charge < -0.3 is 18.9 Å². The third kappa shape index (κ3) is 2.98. The fourth-order valence-electron chi connectivity index (χ4n) is 3.62. The van der Waals surface area contributed by atoms with Gasteiger partial charge in [0.25, 0.3) is 5.89 Å². The smallest absolute Gasteiger partial charge is 0.283 e. The van der Waals surface area contributed by atoms with Gasteiger partial charge in [0.2, 0.25) is 6.29 Å². The Kier molecular flexibility index (Phi) is 4.57. The summed E-state index contributed by atoms with van der Waals surface area (Å²) in [5.74, 6) is 1.67. The predicted octanol–water partition coefficient (Wildman–Crippen LogP) is 2.48. The van der Waals surface area contributed by atoms with Crippen LogP contribution in [0, 0.1) is 0 Å². The minimum Gasteiger partial charge on any atom is -0.345 e. The topological polar surface area (TPSA) is 60.6 Å². The summed E-state index contributed by atoms with van der Waals surface area (Å²) in [7, 11) is 2.24. The first-order chi connectivity index (χ1) is 10.2. The number of hydrogen-bond donors (Lipinski definition) is 0. The summed E-state index contributed by atoms with van der Waals surface area (Å²) in [5.41, 5.74) is 0. The second kappa shape index (κ2) is 6.42. The molecule has 2 aliphatic rings. The van der Waals surface area contributed by atoms with Crippen LogP contribution in [0.3, 0.4) is 0 Å². The Morgan fingerprint density at radius 3 is 2.38 bits per heavy atom. The van der Waals surface area contributed by atoms with E-state index in [0.29, 0.717) is 37.1 Å². The van der Waals surface area contributed by atoms with Crippen LogP contribution in [0.15, 0.2) is 4.52 Å². The SMILES string of the molecule is CCOC(OCC)c1nc(C2CC3CCC(C2)N3C)no1. The van der Waals surface area contributed by atoms with Crippen molar-refractivity contribution in [1.82, 2.24) is 15.0 Å². The van der Waals surface area contributed by atoms with Gasteiger partial charge in [0.1, 0.15) is 0 Å². The predicted molar refractivity (Wildman–Crippen MR) is 76.8 cm³/mol. The van der Waals surface area contributed by atoms with Gasteiger partial charge in [-0.1, -0.05) is 5.16 Å². The van der Waals surface area contributed by atoms with Crippen molar-refractivity contribution in [2.45, 2.75) is 63.8 Å². The summed E-state index contributed by atoms with van der Waals surface area (Å²) in [6.45, 7) is 4.97. The Labute approximate surface area is 125 Å². The van der Waals surface area contributed by atoms with Gasteiger partial charge >= 0.3 is 0 Å². The van der Waals surface area contributed by atoms with Crippen molar-refractivity contribution in [2.75, 3.05) is 20.3 Å². The molecule has 1 aromatic heterocycles. The molecule has 2 atom stereocenters. The fraction of sp³-hybridized carbons (Fsp3) is 0.867. The zero-order chi connectivity index (χ0) is 14.8. The Hall–Kier alpha value is -0.980. The molecule has 0 N–H and O–H groups in total. The van der Waals surface area contributed by atoms with Gasteiger partial charge in [-0.3, -0.25) is 0 Å². The number of nitrogens with zero attached hydrogens (tertiary/aromatic N) is 3. The molecule has 0 amide bonds. The van der Waals surface area contributed by atoms with E-state index in [1.807, 2.05) is 13.8 Å². The zero-order valence-corrected chi connectivity index (χ0v) is 13.1. The number of piperidine rings is 1. The number of ether oxygens (including phenoxy) is 2. The minimum atomic E-state index is -0.538. The van der Waals surface area contributed by atoms with E-state index < -0.39 is 6.29 Å².